The van der Waals surface area contributed by atoms with E-state index in [1.807, 2.05) is 0 Å². The molecular weight excluding hydrogens is 301 g/mol. The molecule has 8 heteroatoms. The average Bonchev–Trinajstić information content (AvgIpc) is 2.87. The molecule has 1 heterocycles. The van der Waals surface area contributed by atoms with E-state index in [4.69, 9.17) is 9.84 Å². The molecule has 0 atom stereocenters. The van der Waals surface area contributed by atoms with Gasteiger partial charge in [0.15, 0.2) is 0 Å². The Morgan fingerprint density at radius 2 is 2.14 bits per heavy atom. The van der Waals surface area contributed by atoms with Crippen LogP contribution < -0.4 is 4.74 Å². The molecule has 0 spiro atoms. The Balaban J connectivity index is 2.16. The van der Waals surface area contributed by atoms with Gasteiger partial charge >= 0.3 is 12.1 Å². The SMILES string of the molecule is CCn1c(C(=O)O)cnc1COc1cccc(C(F)(F)F)c1. The van der Waals surface area contributed by atoms with Gasteiger partial charge in [0.05, 0.1) is 11.8 Å². The zero-order valence-corrected chi connectivity index (χ0v) is 11.6. The van der Waals surface area contributed by atoms with Crippen molar-refractivity contribution < 1.29 is 27.8 Å². The van der Waals surface area contributed by atoms with Crippen molar-refractivity contribution >= 4 is 5.97 Å². The molecular formula is C14H13F3N2O3. The van der Waals surface area contributed by atoms with E-state index in [1.54, 1.807) is 6.92 Å². The largest absolute Gasteiger partial charge is 0.486 e. The number of nitrogens with zero attached hydrogens (tertiary/aromatic N) is 2. The van der Waals surface area contributed by atoms with E-state index in [-0.39, 0.29) is 18.1 Å². The van der Waals surface area contributed by atoms with Crippen LogP contribution in [0.2, 0.25) is 0 Å². The number of aromatic carboxylic acids is 1. The Bertz CT molecular complexity index is 680. The number of rotatable bonds is 5. The van der Waals surface area contributed by atoms with Crippen molar-refractivity contribution in [2.45, 2.75) is 26.3 Å². The fourth-order valence-corrected chi connectivity index (χ4v) is 1.96. The number of hydrogen-bond acceptors (Lipinski definition) is 3. The third-order valence-electron chi connectivity index (χ3n) is 3.00. The van der Waals surface area contributed by atoms with Crippen molar-refractivity contribution in [3.8, 4) is 5.75 Å². The van der Waals surface area contributed by atoms with E-state index >= 15 is 0 Å². The summed E-state index contributed by atoms with van der Waals surface area (Å²) in [5, 5.41) is 8.99. The van der Waals surface area contributed by atoms with Gasteiger partial charge < -0.3 is 14.4 Å². The molecule has 1 aromatic heterocycles. The van der Waals surface area contributed by atoms with Gasteiger partial charge in [0.1, 0.15) is 23.9 Å². The van der Waals surface area contributed by atoms with Gasteiger partial charge in [-0.3, -0.25) is 0 Å². The average molecular weight is 314 g/mol. The zero-order chi connectivity index (χ0) is 16.3. The van der Waals surface area contributed by atoms with Crippen molar-refractivity contribution in [2.24, 2.45) is 0 Å². The van der Waals surface area contributed by atoms with Crippen molar-refractivity contribution in [2.75, 3.05) is 0 Å². The molecule has 0 aliphatic carbocycles. The van der Waals surface area contributed by atoms with Gasteiger partial charge in [-0.25, -0.2) is 9.78 Å². The number of halogens is 3. The van der Waals surface area contributed by atoms with Crippen LogP contribution in [0.4, 0.5) is 13.2 Å². The summed E-state index contributed by atoms with van der Waals surface area (Å²) in [6.07, 6.45) is -3.26. The van der Waals surface area contributed by atoms with Crippen LogP contribution in [0, 0.1) is 0 Å². The minimum Gasteiger partial charge on any atom is -0.486 e. The van der Waals surface area contributed by atoms with E-state index in [1.165, 1.54) is 22.9 Å². The van der Waals surface area contributed by atoms with Crippen LogP contribution >= 0.6 is 0 Å². The van der Waals surface area contributed by atoms with Gasteiger partial charge in [-0.2, -0.15) is 13.2 Å². The number of hydrogen-bond donors (Lipinski definition) is 1. The van der Waals surface area contributed by atoms with Gasteiger partial charge in [0.2, 0.25) is 0 Å². The number of carboxylic acids is 1. The summed E-state index contributed by atoms with van der Waals surface area (Å²) in [5.41, 5.74) is -0.805. The maximum absolute atomic E-state index is 12.6. The minimum absolute atomic E-state index is 0.00476. The molecule has 0 radical (unpaired) electrons. The molecule has 22 heavy (non-hydrogen) atoms. The summed E-state index contributed by atoms with van der Waals surface area (Å²) in [7, 11) is 0. The first kappa shape index (κ1) is 15.9. The number of carboxylic acid groups (broad SMARTS) is 1. The van der Waals surface area contributed by atoms with E-state index in [0.717, 1.165) is 12.1 Å². The Kier molecular flexibility index (Phi) is 4.39. The summed E-state index contributed by atoms with van der Waals surface area (Å²) >= 11 is 0. The van der Waals surface area contributed by atoms with Crippen molar-refractivity contribution in [3.63, 3.8) is 0 Å². The fourth-order valence-electron chi connectivity index (χ4n) is 1.96. The van der Waals surface area contributed by atoms with Gasteiger partial charge in [0.25, 0.3) is 0 Å². The van der Waals surface area contributed by atoms with Crippen molar-refractivity contribution in [1.29, 1.82) is 0 Å². The predicted molar refractivity (Wildman–Crippen MR) is 70.6 cm³/mol. The standard InChI is InChI=1S/C14H13F3N2O3/c1-2-19-11(13(20)21)7-18-12(19)8-22-10-5-3-4-9(6-10)14(15,16)17/h3-7H,2,8H2,1H3,(H,20,21). The lowest BCUT2D eigenvalue weighted by Crippen LogP contribution is -2.12. The van der Waals surface area contributed by atoms with Crippen LogP contribution in [-0.2, 0) is 19.3 Å². The molecule has 2 aromatic rings. The summed E-state index contributed by atoms with van der Waals surface area (Å²) in [6, 6.07) is 4.47. The third-order valence-corrected chi connectivity index (χ3v) is 3.00. The Hall–Kier alpha value is -2.51. The van der Waals surface area contributed by atoms with Gasteiger partial charge in [-0.05, 0) is 25.1 Å². The quantitative estimate of drug-likeness (QED) is 0.920. The number of carbonyl (C=O) groups is 1. The van der Waals surface area contributed by atoms with Crippen LogP contribution in [0.15, 0.2) is 30.5 Å². The Morgan fingerprint density at radius 3 is 2.73 bits per heavy atom. The maximum Gasteiger partial charge on any atom is 0.416 e. The van der Waals surface area contributed by atoms with Crippen LogP contribution in [0.1, 0.15) is 28.8 Å². The molecule has 0 saturated carbocycles. The topological polar surface area (TPSA) is 64.4 Å². The van der Waals surface area contributed by atoms with E-state index in [9.17, 15) is 18.0 Å². The minimum atomic E-state index is -4.45. The predicted octanol–water partition coefficient (Wildman–Crippen LogP) is 3.20. The molecule has 0 bridgehead atoms. The molecule has 0 unspecified atom stereocenters. The Morgan fingerprint density at radius 1 is 1.41 bits per heavy atom. The first-order valence-electron chi connectivity index (χ1n) is 6.40. The second-order valence-corrected chi connectivity index (χ2v) is 4.42. The van der Waals surface area contributed by atoms with Crippen molar-refractivity contribution in [1.82, 2.24) is 9.55 Å². The second kappa shape index (κ2) is 6.08. The normalized spacial score (nSPS) is 11.5. The van der Waals surface area contributed by atoms with E-state index in [0.29, 0.717) is 12.4 Å². The lowest BCUT2D eigenvalue weighted by molar-refractivity contribution is -0.137. The number of alkyl halides is 3. The number of aromatic nitrogens is 2. The highest BCUT2D eigenvalue weighted by atomic mass is 19.4. The Labute approximate surface area is 124 Å². The fraction of sp³-hybridized carbons (Fsp3) is 0.286. The molecule has 1 N–H and O–H groups in total. The van der Waals surface area contributed by atoms with Crippen LogP contribution in [-0.4, -0.2) is 20.6 Å². The second-order valence-electron chi connectivity index (χ2n) is 4.42. The molecule has 0 amide bonds. The summed E-state index contributed by atoms with van der Waals surface area (Å²) in [5.74, 6) is -0.755. The molecule has 0 saturated heterocycles. The highest BCUT2D eigenvalue weighted by Gasteiger charge is 2.30. The number of ether oxygens (including phenoxy) is 1. The maximum atomic E-state index is 12.6. The zero-order valence-electron chi connectivity index (χ0n) is 11.6. The van der Waals surface area contributed by atoms with Crippen LogP contribution in [0.5, 0.6) is 5.75 Å². The lowest BCUT2D eigenvalue weighted by atomic mass is 10.2. The molecule has 5 nitrogen and oxygen atoms in total. The summed E-state index contributed by atoms with van der Waals surface area (Å²) in [6.45, 7) is 1.98. The van der Waals surface area contributed by atoms with Gasteiger partial charge in [0, 0.05) is 6.54 Å². The highest BCUT2D eigenvalue weighted by molar-refractivity contribution is 5.85. The molecule has 1 aromatic carbocycles. The van der Waals surface area contributed by atoms with E-state index < -0.39 is 17.7 Å². The highest BCUT2D eigenvalue weighted by Crippen LogP contribution is 2.31. The number of imidazole rings is 1. The summed E-state index contributed by atoms with van der Waals surface area (Å²) < 4.78 is 44.5. The first-order valence-corrected chi connectivity index (χ1v) is 6.40. The van der Waals surface area contributed by atoms with Crippen LogP contribution in [0.3, 0.4) is 0 Å². The summed E-state index contributed by atoms with van der Waals surface area (Å²) in [4.78, 5) is 14.9. The van der Waals surface area contributed by atoms with Crippen molar-refractivity contribution in [3.05, 3.63) is 47.5 Å². The lowest BCUT2D eigenvalue weighted by Gasteiger charge is -2.11. The molecule has 118 valence electrons. The van der Waals surface area contributed by atoms with Gasteiger partial charge in [-0.15, -0.1) is 0 Å². The molecule has 2 rings (SSSR count). The number of benzene rings is 1. The monoisotopic (exact) mass is 314 g/mol. The van der Waals surface area contributed by atoms with E-state index in [2.05, 4.69) is 4.98 Å². The molecule has 0 aliphatic rings. The van der Waals surface area contributed by atoms with Gasteiger partial charge in [-0.1, -0.05) is 6.07 Å². The smallest absolute Gasteiger partial charge is 0.416 e. The third kappa shape index (κ3) is 3.38. The molecule has 0 aliphatic heterocycles. The first-order chi connectivity index (χ1) is 10.3. The van der Waals surface area contributed by atoms with Crippen LogP contribution in [0.25, 0.3) is 0 Å². The molecule has 0 fully saturated rings.